The van der Waals surface area contributed by atoms with Crippen molar-refractivity contribution < 1.29 is 4.39 Å². The average Bonchev–Trinajstić information content (AvgIpc) is 2.53. The van der Waals surface area contributed by atoms with Crippen LogP contribution in [0.1, 0.15) is 11.4 Å². The second kappa shape index (κ2) is 7.27. The van der Waals surface area contributed by atoms with Gasteiger partial charge >= 0.3 is 0 Å². The van der Waals surface area contributed by atoms with Crippen LogP contribution in [0.5, 0.6) is 0 Å². The molecule has 0 unspecified atom stereocenters. The van der Waals surface area contributed by atoms with E-state index < -0.39 is 0 Å². The van der Waals surface area contributed by atoms with E-state index in [1.807, 2.05) is 18.2 Å². The Labute approximate surface area is 144 Å². The number of halogens is 2. The summed E-state index contributed by atoms with van der Waals surface area (Å²) in [5, 5.41) is 6.95. The van der Waals surface area contributed by atoms with Crippen LogP contribution in [0.25, 0.3) is 0 Å². The van der Waals surface area contributed by atoms with Crippen LogP contribution in [0, 0.1) is 12.7 Å². The molecule has 0 aliphatic rings. The summed E-state index contributed by atoms with van der Waals surface area (Å²) in [6, 6.07) is 15.8. The molecule has 4 nitrogen and oxygen atoms in total. The Morgan fingerprint density at radius 1 is 1.00 bits per heavy atom. The highest BCUT2D eigenvalue weighted by Gasteiger charge is 2.05. The van der Waals surface area contributed by atoms with Gasteiger partial charge in [-0.2, -0.15) is 0 Å². The molecule has 2 N–H and O–H groups in total. The average molecular weight is 343 g/mol. The number of rotatable bonds is 5. The second-order valence-electron chi connectivity index (χ2n) is 5.27. The molecule has 3 aromatic rings. The predicted octanol–water partition coefficient (Wildman–Crippen LogP) is 4.93. The molecule has 1 aromatic heterocycles. The number of anilines is 3. The Bertz CT molecular complexity index is 854. The lowest BCUT2D eigenvalue weighted by Gasteiger charge is -2.11. The molecular formula is C18H16ClFN4. The Balaban J connectivity index is 1.75. The lowest BCUT2D eigenvalue weighted by molar-refractivity contribution is 0.613. The monoisotopic (exact) mass is 342 g/mol. The van der Waals surface area contributed by atoms with Gasteiger partial charge < -0.3 is 10.6 Å². The van der Waals surface area contributed by atoms with Crippen LogP contribution in [-0.2, 0) is 6.54 Å². The largest absolute Gasteiger partial charge is 0.366 e. The molecule has 0 bridgehead atoms. The summed E-state index contributed by atoms with van der Waals surface area (Å²) in [5.74, 6) is 1.63. The molecule has 2 aromatic carbocycles. The molecule has 0 spiro atoms. The summed E-state index contributed by atoms with van der Waals surface area (Å²) in [4.78, 5) is 8.68. The van der Waals surface area contributed by atoms with E-state index in [1.165, 1.54) is 6.07 Å². The van der Waals surface area contributed by atoms with Crippen molar-refractivity contribution in [1.29, 1.82) is 0 Å². The lowest BCUT2D eigenvalue weighted by Crippen LogP contribution is -2.06. The minimum atomic E-state index is -0.243. The highest BCUT2D eigenvalue weighted by atomic mass is 35.5. The lowest BCUT2D eigenvalue weighted by atomic mass is 10.2. The van der Waals surface area contributed by atoms with Gasteiger partial charge in [-0.15, -0.1) is 0 Å². The molecule has 122 valence electrons. The smallest absolute Gasteiger partial charge is 0.136 e. The molecule has 0 aliphatic heterocycles. The highest BCUT2D eigenvalue weighted by molar-refractivity contribution is 6.30. The third-order valence-electron chi connectivity index (χ3n) is 3.35. The van der Waals surface area contributed by atoms with Crippen LogP contribution in [0.15, 0.2) is 54.6 Å². The maximum atomic E-state index is 13.7. The number of hydrogen-bond donors (Lipinski definition) is 2. The fraction of sp³-hybridized carbons (Fsp3) is 0.111. The molecule has 0 saturated carbocycles. The molecule has 6 heteroatoms. The molecule has 0 fully saturated rings. The van der Waals surface area contributed by atoms with Gasteiger partial charge in [-0.05, 0) is 31.2 Å². The first-order valence-electron chi connectivity index (χ1n) is 7.46. The molecule has 0 saturated heterocycles. The van der Waals surface area contributed by atoms with Gasteiger partial charge in [-0.3, -0.25) is 0 Å². The molecular weight excluding hydrogens is 327 g/mol. The number of nitrogens with one attached hydrogen (secondary N) is 2. The van der Waals surface area contributed by atoms with Crippen molar-refractivity contribution in [1.82, 2.24) is 9.97 Å². The van der Waals surface area contributed by atoms with Crippen molar-refractivity contribution in [3.63, 3.8) is 0 Å². The van der Waals surface area contributed by atoms with Gasteiger partial charge in [0.15, 0.2) is 0 Å². The molecule has 0 aliphatic carbocycles. The van der Waals surface area contributed by atoms with Gasteiger partial charge in [-0.25, -0.2) is 14.4 Å². The van der Waals surface area contributed by atoms with Crippen molar-refractivity contribution in [2.75, 3.05) is 10.6 Å². The summed E-state index contributed by atoms with van der Waals surface area (Å²) in [7, 11) is 0. The summed E-state index contributed by atoms with van der Waals surface area (Å²) in [6.45, 7) is 2.15. The quantitative estimate of drug-likeness (QED) is 0.690. The topological polar surface area (TPSA) is 49.8 Å². The predicted molar refractivity (Wildman–Crippen MR) is 95.2 cm³/mol. The van der Waals surface area contributed by atoms with E-state index in [1.54, 1.807) is 37.3 Å². The van der Waals surface area contributed by atoms with Crippen LogP contribution in [0.3, 0.4) is 0 Å². The summed E-state index contributed by atoms with van der Waals surface area (Å²) in [6.07, 6.45) is 0. The Morgan fingerprint density at radius 3 is 2.58 bits per heavy atom. The zero-order chi connectivity index (χ0) is 16.9. The Kier molecular flexibility index (Phi) is 4.91. The van der Waals surface area contributed by atoms with E-state index in [0.29, 0.717) is 34.6 Å². The molecule has 24 heavy (non-hydrogen) atoms. The Morgan fingerprint density at radius 2 is 1.79 bits per heavy atom. The van der Waals surface area contributed by atoms with Gasteiger partial charge in [0.05, 0.1) is 0 Å². The van der Waals surface area contributed by atoms with Gasteiger partial charge in [0, 0.05) is 28.9 Å². The van der Waals surface area contributed by atoms with Crippen LogP contribution < -0.4 is 10.6 Å². The first-order valence-corrected chi connectivity index (χ1v) is 7.83. The molecule has 0 radical (unpaired) electrons. The van der Waals surface area contributed by atoms with E-state index >= 15 is 0 Å². The third kappa shape index (κ3) is 4.20. The van der Waals surface area contributed by atoms with Crippen LogP contribution in [0.2, 0.25) is 5.02 Å². The number of benzene rings is 2. The first-order chi connectivity index (χ1) is 11.6. The van der Waals surface area contributed by atoms with Crippen molar-refractivity contribution in [3.05, 3.63) is 76.8 Å². The number of aromatic nitrogens is 2. The summed E-state index contributed by atoms with van der Waals surface area (Å²) in [5.41, 5.74) is 1.42. The van der Waals surface area contributed by atoms with E-state index in [4.69, 9.17) is 11.6 Å². The number of hydrogen-bond acceptors (Lipinski definition) is 4. The third-order valence-corrected chi connectivity index (χ3v) is 3.59. The SMILES string of the molecule is Cc1nc(NCc2ccccc2F)cc(Nc2cccc(Cl)c2)n1. The van der Waals surface area contributed by atoms with Gasteiger partial charge in [0.1, 0.15) is 23.3 Å². The van der Waals surface area contributed by atoms with Crippen LogP contribution >= 0.6 is 11.6 Å². The van der Waals surface area contributed by atoms with Crippen molar-refractivity contribution >= 4 is 28.9 Å². The normalized spacial score (nSPS) is 10.5. The zero-order valence-corrected chi connectivity index (χ0v) is 13.8. The second-order valence-corrected chi connectivity index (χ2v) is 5.70. The fourth-order valence-corrected chi connectivity index (χ4v) is 2.45. The molecule has 1 heterocycles. The fourth-order valence-electron chi connectivity index (χ4n) is 2.26. The first kappa shape index (κ1) is 16.2. The van der Waals surface area contributed by atoms with Gasteiger partial charge in [-0.1, -0.05) is 35.9 Å². The molecule has 0 amide bonds. The van der Waals surface area contributed by atoms with Crippen LogP contribution in [0.4, 0.5) is 21.7 Å². The maximum Gasteiger partial charge on any atom is 0.136 e. The van der Waals surface area contributed by atoms with Gasteiger partial charge in [0.25, 0.3) is 0 Å². The standard InChI is InChI=1S/C18H16ClFN4/c1-12-22-17(21-11-13-5-2-3-8-16(13)20)10-18(23-12)24-15-7-4-6-14(19)9-15/h2-10H,11H2,1H3,(H2,21,22,23,24). The van der Waals surface area contributed by atoms with Crippen molar-refractivity contribution in [2.24, 2.45) is 0 Å². The molecule has 0 atom stereocenters. The minimum Gasteiger partial charge on any atom is -0.366 e. The number of nitrogens with zero attached hydrogens (tertiary/aromatic N) is 2. The van der Waals surface area contributed by atoms with Crippen molar-refractivity contribution in [3.8, 4) is 0 Å². The summed E-state index contributed by atoms with van der Waals surface area (Å²) >= 11 is 5.99. The zero-order valence-electron chi connectivity index (χ0n) is 13.1. The van der Waals surface area contributed by atoms with E-state index in [9.17, 15) is 4.39 Å². The molecule has 3 rings (SSSR count). The van der Waals surface area contributed by atoms with E-state index in [2.05, 4.69) is 20.6 Å². The van der Waals surface area contributed by atoms with Crippen LogP contribution in [-0.4, -0.2) is 9.97 Å². The Hall–Kier alpha value is -2.66. The van der Waals surface area contributed by atoms with Crippen molar-refractivity contribution in [2.45, 2.75) is 13.5 Å². The van der Waals surface area contributed by atoms with Gasteiger partial charge in [0.2, 0.25) is 0 Å². The van der Waals surface area contributed by atoms with E-state index in [0.717, 1.165) is 5.69 Å². The summed E-state index contributed by atoms with van der Waals surface area (Å²) < 4.78 is 13.7. The number of aryl methyl sites for hydroxylation is 1. The minimum absolute atomic E-state index is 0.243. The maximum absolute atomic E-state index is 13.7. The van der Waals surface area contributed by atoms with E-state index in [-0.39, 0.29) is 5.82 Å². The highest BCUT2D eigenvalue weighted by Crippen LogP contribution is 2.21.